The molecule has 0 radical (unpaired) electrons. The minimum absolute atomic E-state index is 0.312. The Labute approximate surface area is 269 Å². The molecule has 0 aliphatic carbocycles. The minimum atomic E-state index is -2.22. The quantitative estimate of drug-likeness (QED) is 0.109. The molecule has 4 rings (SSSR count). The van der Waals surface area contributed by atoms with Gasteiger partial charge in [-0.3, -0.25) is 0 Å². The molecule has 8 heteroatoms. The van der Waals surface area contributed by atoms with Crippen LogP contribution in [0.15, 0.2) is 91.0 Å². The van der Waals surface area contributed by atoms with Crippen molar-refractivity contribution in [1.82, 2.24) is 0 Å². The van der Waals surface area contributed by atoms with Crippen molar-refractivity contribution in [3.05, 3.63) is 108 Å². The van der Waals surface area contributed by atoms with Crippen LogP contribution in [0.3, 0.4) is 0 Å². The first-order chi connectivity index (χ1) is 21.1. The monoisotopic (exact) mass is 636 g/mol. The van der Waals surface area contributed by atoms with Crippen LogP contribution < -0.4 is 0 Å². The van der Waals surface area contributed by atoms with E-state index >= 15 is 0 Å². The molecule has 1 heterocycles. The fourth-order valence-corrected chi connectivity index (χ4v) is 12.4. The predicted octanol–water partition coefficient (Wildman–Crippen LogP) is 8.23. The third-order valence-electron chi connectivity index (χ3n) is 8.64. The number of benzene rings is 3. The summed E-state index contributed by atoms with van der Waals surface area (Å²) in [5.74, 6) is -0.464. The van der Waals surface area contributed by atoms with Crippen LogP contribution in [0.2, 0.25) is 16.6 Å². The Morgan fingerprint density at radius 3 is 1.64 bits per heavy atom. The van der Waals surface area contributed by atoms with Gasteiger partial charge in [0.1, 0.15) is 23.7 Å². The van der Waals surface area contributed by atoms with Crippen molar-refractivity contribution in [2.45, 2.75) is 101 Å². The molecule has 44 heavy (non-hydrogen) atoms. The molecule has 1 saturated heterocycles. The van der Waals surface area contributed by atoms with Crippen LogP contribution in [0.4, 0.5) is 0 Å². The molecule has 0 spiro atoms. The Bertz CT molecular complexity index is 1250. The first-order valence-electron chi connectivity index (χ1n) is 15.7. The summed E-state index contributed by atoms with van der Waals surface area (Å²) in [6.45, 7) is 14.6. The van der Waals surface area contributed by atoms with Crippen LogP contribution in [-0.2, 0) is 36.6 Å². The Morgan fingerprint density at radius 2 is 1.16 bits per heavy atom. The molecular formula is C36H48O6SSi. The summed E-state index contributed by atoms with van der Waals surface area (Å²) in [4.78, 5) is 13.3. The van der Waals surface area contributed by atoms with Gasteiger partial charge < -0.3 is 23.4 Å². The van der Waals surface area contributed by atoms with Gasteiger partial charge in [-0.2, -0.15) is 0 Å². The average Bonchev–Trinajstić information content (AvgIpc) is 3.02. The minimum Gasteiger partial charge on any atom is -0.452 e. The Kier molecular flexibility index (Phi) is 12.7. The van der Waals surface area contributed by atoms with E-state index in [0.717, 1.165) is 11.1 Å². The van der Waals surface area contributed by atoms with Gasteiger partial charge in [0.05, 0.1) is 25.4 Å². The largest absolute Gasteiger partial charge is 0.452 e. The van der Waals surface area contributed by atoms with Gasteiger partial charge in [0.2, 0.25) is 0 Å². The van der Waals surface area contributed by atoms with Gasteiger partial charge in [-0.25, -0.2) is 4.79 Å². The Balaban J connectivity index is 1.67. The van der Waals surface area contributed by atoms with Crippen molar-refractivity contribution in [2.24, 2.45) is 0 Å². The molecule has 0 saturated carbocycles. The van der Waals surface area contributed by atoms with E-state index in [0.29, 0.717) is 42.0 Å². The third kappa shape index (κ3) is 8.41. The van der Waals surface area contributed by atoms with Crippen molar-refractivity contribution in [1.29, 1.82) is 0 Å². The fourth-order valence-electron chi connectivity index (χ4n) is 6.57. The lowest BCUT2D eigenvalue weighted by Gasteiger charge is -2.47. The maximum atomic E-state index is 13.3. The van der Waals surface area contributed by atoms with Gasteiger partial charge >= 0.3 is 5.97 Å². The molecule has 1 aliphatic rings. The van der Waals surface area contributed by atoms with Crippen LogP contribution >= 0.6 is 12.6 Å². The zero-order valence-electron chi connectivity index (χ0n) is 26.8. The van der Waals surface area contributed by atoms with E-state index in [1.807, 2.05) is 78.9 Å². The second-order valence-electron chi connectivity index (χ2n) is 12.5. The van der Waals surface area contributed by atoms with E-state index in [9.17, 15) is 4.79 Å². The SMILES string of the molecule is CC(C)[Si](OC[C@H]1O[C@H](S)[C@@H](OC(=O)c2ccccc2)[C@@H](OCc2ccccc2)[C@@H]1OCc1ccccc1)(C(C)C)C(C)C. The highest BCUT2D eigenvalue weighted by atomic mass is 32.1. The topological polar surface area (TPSA) is 63.2 Å². The van der Waals surface area contributed by atoms with Crippen LogP contribution in [0.5, 0.6) is 0 Å². The van der Waals surface area contributed by atoms with Crippen molar-refractivity contribution >= 4 is 26.9 Å². The Hall–Kier alpha value is -2.46. The van der Waals surface area contributed by atoms with Crippen LogP contribution in [0, 0.1) is 0 Å². The van der Waals surface area contributed by atoms with E-state index in [1.54, 1.807) is 12.1 Å². The van der Waals surface area contributed by atoms with Crippen molar-refractivity contribution in [3.8, 4) is 0 Å². The highest BCUT2D eigenvalue weighted by Gasteiger charge is 2.51. The number of carbonyl (C=O) groups excluding carboxylic acids is 1. The van der Waals surface area contributed by atoms with Gasteiger partial charge in [-0.15, -0.1) is 12.6 Å². The lowest BCUT2D eigenvalue weighted by atomic mass is 9.99. The maximum absolute atomic E-state index is 13.3. The fraction of sp³-hybridized carbons (Fsp3) is 0.472. The molecule has 0 unspecified atom stereocenters. The third-order valence-corrected chi connectivity index (χ3v) is 15.1. The Morgan fingerprint density at radius 1 is 0.705 bits per heavy atom. The van der Waals surface area contributed by atoms with Crippen LogP contribution in [0.25, 0.3) is 0 Å². The summed E-state index contributed by atoms with van der Waals surface area (Å²) in [7, 11) is -2.22. The molecule has 0 bridgehead atoms. The van der Waals surface area contributed by atoms with Gasteiger partial charge in [0.25, 0.3) is 0 Å². The zero-order valence-corrected chi connectivity index (χ0v) is 28.7. The number of esters is 1. The molecule has 0 amide bonds. The van der Waals surface area contributed by atoms with Gasteiger partial charge in [0, 0.05) is 0 Å². The molecule has 0 aromatic heterocycles. The summed E-state index contributed by atoms with van der Waals surface area (Å²) in [6, 6.07) is 28.9. The molecule has 3 aromatic rings. The number of hydrogen-bond donors (Lipinski definition) is 1. The van der Waals surface area contributed by atoms with Crippen molar-refractivity contribution in [3.63, 3.8) is 0 Å². The summed E-state index contributed by atoms with van der Waals surface area (Å²) in [5, 5.41) is 0. The van der Waals surface area contributed by atoms with E-state index in [1.165, 1.54) is 0 Å². The predicted molar refractivity (Wildman–Crippen MR) is 180 cm³/mol. The first kappa shape index (κ1) is 34.4. The standard InChI is InChI=1S/C36H48O6SSi/c1-25(2)44(26(3)4,27(5)6)40-24-31-32(38-22-28-16-10-7-11-17-28)33(39-23-29-18-12-8-13-19-29)34(36(43)41-31)42-35(37)30-20-14-9-15-21-30/h7-21,25-27,31-34,36,43H,22-24H2,1-6H3/t31-,32-,33+,34+,36-/m1/s1. The molecule has 0 N–H and O–H groups in total. The van der Waals surface area contributed by atoms with Gasteiger partial charge in [-0.1, -0.05) is 120 Å². The zero-order chi connectivity index (χ0) is 31.7. The summed E-state index contributed by atoms with van der Waals surface area (Å²) in [6.07, 6.45) is -2.57. The van der Waals surface area contributed by atoms with Gasteiger partial charge in [0.15, 0.2) is 14.4 Å². The van der Waals surface area contributed by atoms with Crippen molar-refractivity contribution < 1.29 is 28.2 Å². The van der Waals surface area contributed by atoms with Crippen molar-refractivity contribution in [2.75, 3.05) is 6.61 Å². The molecule has 238 valence electrons. The van der Waals surface area contributed by atoms with Gasteiger partial charge in [-0.05, 0) is 39.9 Å². The number of rotatable bonds is 14. The molecule has 5 atom stereocenters. The van der Waals surface area contributed by atoms with Crippen LogP contribution in [-0.4, -0.2) is 50.7 Å². The lowest BCUT2D eigenvalue weighted by Crippen LogP contribution is -2.61. The normalized spacial score (nSPS) is 22.5. The summed E-state index contributed by atoms with van der Waals surface area (Å²) >= 11 is 4.83. The van der Waals surface area contributed by atoms with E-state index in [2.05, 4.69) is 41.5 Å². The van der Waals surface area contributed by atoms with E-state index in [-0.39, 0.29) is 0 Å². The smallest absolute Gasteiger partial charge is 0.338 e. The van der Waals surface area contributed by atoms with E-state index < -0.39 is 44.1 Å². The maximum Gasteiger partial charge on any atom is 0.338 e. The number of carbonyl (C=O) groups is 1. The molecule has 3 aromatic carbocycles. The second-order valence-corrected chi connectivity index (χ2v) is 18.4. The highest BCUT2D eigenvalue weighted by molar-refractivity contribution is 7.80. The van der Waals surface area contributed by atoms with Crippen LogP contribution in [0.1, 0.15) is 63.0 Å². The van der Waals surface area contributed by atoms with E-state index in [4.69, 9.17) is 36.0 Å². The number of ether oxygens (including phenoxy) is 4. The lowest BCUT2D eigenvalue weighted by molar-refractivity contribution is -0.238. The molecule has 1 aliphatic heterocycles. The number of hydrogen-bond acceptors (Lipinski definition) is 7. The summed E-state index contributed by atoms with van der Waals surface area (Å²) in [5.41, 5.74) is 2.95. The first-order valence-corrected chi connectivity index (χ1v) is 18.3. The molecular weight excluding hydrogens is 589 g/mol. The molecule has 6 nitrogen and oxygen atoms in total. The second kappa shape index (κ2) is 16.2. The number of thiol groups is 1. The summed E-state index contributed by atoms with van der Waals surface area (Å²) < 4.78 is 32.9. The highest BCUT2D eigenvalue weighted by Crippen LogP contribution is 2.43. The average molecular weight is 637 g/mol. The molecule has 1 fully saturated rings.